The second-order valence-corrected chi connectivity index (χ2v) is 6.51. The Morgan fingerprint density at radius 1 is 1.13 bits per heavy atom. The topological polar surface area (TPSA) is 75.4 Å². The Labute approximate surface area is 139 Å². The normalized spacial score (nSPS) is 12.4. The maximum absolute atomic E-state index is 12.2. The number of benzene rings is 1. The summed E-state index contributed by atoms with van der Waals surface area (Å²) < 4.78 is 0. The van der Waals surface area contributed by atoms with E-state index in [-0.39, 0.29) is 19.0 Å². The molecule has 3 N–H and O–H groups in total. The molecule has 1 rings (SSSR count). The van der Waals surface area contributed by atoms with Crippen LogP contribution in [0, 0.1) is 5.92 Å². The van der Waals surface area contributed by atoms with E-state index >= 15 is 0 Å². The van der Waals surface area contributed by atoms with E-state index in [1.807, 2.05) is 38.1 Å². The number of carbonyl (C=O) groups excluding carboxylic acids is 2. The minimum atomic E-state index is -0.420. The van der Waals surface area contributed by atoms with Gasteiger partial charge in [-0.15, -0.1) is 0 Å². The molecule has 0 heterocycles. The largest absolute Gasteiger partial charge is 0.369 e. The second-order valence-electron chi connectivity index (χ2n) is 6.51. The smallest absolute Gasteiger partial charge is 0.238 e. The van der Waals surface area contributed by atoms with Crippen LogP contribution in [0.4, 0.5) is 5.69 Å². The first kappa shape index (κ1) is 19.2. The first-order chi connectivity index (χ1) is 10.8. The van der Waals surface area contributed by atoms with E-state index in [0.29, 0.717) is 18.4 Å². The lowest BCUT2D eigenvalue weighted by atomic mass is 9.99. The maximum atomic E-state index is 12.2. The van der Waals surface area contributed by atoms with E-state index in [1.54, 1.807) is 4.90 Å². The van der Waals surface area contributed by atoms with Gasteiger partial charge in [-0.2, -0.15) is 0 Å². The van der Waals surface area contributed by atoms with Crippen molar-refractivity contribution in [3.05, 3.63) is 29.8 Å². The van der Waals surface area contributed by atoms with E-state index in [2.05, 4.69) is 19.2 Å². The molecule has 0 saturated carbocycles. The zero-order chi connectivity index (χ0) is 17.4. The Balaban J connectivity index is 2.61. The second kappa shape index (κ2) is 9.30. The molecular weight excluding hydrogens is 290 g/mol. The van der Waals surface area contributed by atoms with Gasteiger partial charge in [-0.1, -0.05) is 39.8 Å². The fourth-order valence-corrected chi connectivity index (χ4v) is 2.46. The maximum Gasteiger partial charge on any atom is 0.238 e. The van der Waals surface area contributed by atoms with Gasteiger partial charge in [0.1, 0.15) is 0 Å². The number of nitrogens with zero attached hydrogens (tertiary/aromatic N) is 1. The summed E-state index contributed by atoms with van der Waals surface area (Å²) in [5.74, 6) is 0.313. The molecule has 0 fully saturated rings. The van der Waals surface area contributed by atoms with E-state index in [1.165, 1.54) is 5.56 Å². The molecule has 5 heteroatoms. The molecule has 0 spiro atoms. The van der Waals surface area contributed by atoms with Crippen LogP contribution in [-0.2, 0) is 9.59 Å². The Bertz CT molecular complexity index is 512. The molecule has 1 aromatic carbocycles. The fourth-order valence-electron chi connectivity index (χ4n) is 2.46. The first-order valence-electron chi connectivity index (χ1n) is 8.22. The van der Waals surface area contributed by atoms with Gasteiger partial charge in [0.05, 0.1) is 13.1 Å². The van der Waals surface area contributed by atoms with Crippen LogP contribution in [0.5, 0.6) is 0 Å². The highest BCUT2D eigenvalue weighted by molar-refractivity contribution is 5.92. The molecule has 2 amide bonds. The number of primary amides is 1. The lowest BCUT2D eigenvalue weighted by molar-refractivity contribution is -0.121. The first-order valence-corrected chi connectivity index (χ1v) is 8.22. The minimum Gasteiger partial charge on any atom is -0.369 e. The van der Waals surface area contributed by atoms with Gasteiger partial charge in [0.2, 0.25) is 11.8 Å². The quantitative estimate of drug-likeness (QED) is 0.734. The number of hydrogen-bond acceptors (Lipinski definition) is 3. The summed E-state index contributed by atoms with van der Waals surface area (Å²) in [7, 11) is 0. The average molecular weight is 319 g/mol. The molecule has 0 bridgehead atoms. The van der Waals surface area contributed by atoms with Crippen molar-refractivity contribution in [1.82, 2.24) is 4.90 Å². The molecule has 0 aliphatic carbocycles. The number of rotatable bonds is 9. The fraction of sp³-hybridized carbons (Fsp3) is 0.556. The number of anilines is 1. The van der Waals surface area contributed by atoms with Crippen LogP contribution < -0.4 is 11.1 Å². The molecule has 5 nitrogen and oxygen atoms in total. The Hall–Kier alpha value is -1.88. The summed E-state index contributed by atoms with van der Waals surface area (Å²) in [5.41, 5.74) is 7.28. The number of amides is 2. The van der Waals surface area contributed by atoms with Crippen molar-refractivity contribution in [3.63, 3.8) is 0 Å². The predicted molar refractivity (Wildman–Crippen MR) is 94.3 cm³/mol. The molecular formula is C18H29N3O2. The lowest BCUT2D eigenvalue weighted by Crippen LogP contribution is -2.41. The number of carbonyl (C=O) groups is 2. The van der Waals surface area contributed by atoms with Gasteiger partial charge >= 0.3 is 0 Å². The molecule has 128 valence electrons. The van der Waals surface area contributed by atoms with Crippen molar-refractivity contribution < 1.29 is 9.59 Å². The summed E-state index contributed by atoms with van der Waals surface area (Å²) in [6, 6.07) is 7.92. The molecule has 0 aliphatic heterocycles. The van der Waals surface area contributed by atoms with Crippen LogP contribution in [-0.4, -0.2) is 36.3 Å². The Morgan fingerprint density at radius 3 is 2.22 bits per heavy atom. The summed E-state index contributed by atoms with van der Waals surface area (Å²) in [5, 5.41) is 2.87. The average Bonchev–Trinajstić information content (AvgIpc) is 2.45. The van der Waals surface area contributed by atoms with Crippen LogP contribution >= 0.6 is 0 Å². The van der Waals surface area contributed by atoms with Crippen LogP contribution in [0.25, 0.3) is 0 Å². The molecule has 1 atom stereocenters. The Morgan fingerprint density at radius 2 is 1.74 bits per heavy atom. The summed E-state index contributed by atoms with van der Waals surface area (Å²) in [6.07, 6.45) is 1.09. The zero-order valence-electron chi connectivity index (χ0n) is 14.6. The molecule has 0 radical (unpaired) electrons. The van der Waals surface area contributed by atoms with Gasteiger partial charge in [0.25, 0.3) is 0 Å². The lowest BCUT2D eigenvalue weighted by Gasteiger charge is -2.22. The van der Waals surface area contributed by atoms with Crippen LogP contribution in [0.1, 0.15) is 45.6 Å². The van der Waals surface area contributed by atoms with Crippen LogP contribution in [0.15, 0.2) is 24.3 Å². The van der Waals surface area contributed by atoms with Gasteiger partial charge in [-0.05, 0) is 36.0 Å². The van der Waals surface area contributed by atoms with Crippen LogP contribution in [0.2, 0.25) is 0 Å². The van der Waals surface area contributed by atoms with Gasteiger partial charge < -0.3 is 11.1 Å². The monoisotopic (exact) mass is 319 g/mol. The summed E-state index contributed by atoms with van der Waals surface area (Å²) >= 11 is 0. The highest BCUT2D eigenvalue weighted by atomic mass is 16.2. The van der Waals surface area contributed by atoms with Crippen molar-refractivity contribution >= 4 is 17.5 Å². The molecule has 23 heavy (non-hydrogen) atoms. The van der Waals surface area contributed by atoms with Crippen molar-refractivity contribution in [1.29, 1.82) is 0 Å². The molecule has 1 unspecified atom stereocenters. The van der Waals surface area contributed by atoms with Gasteiger partial charge in [0, 0.05) is 12.2 Å². The molecule has 0 aliphatic rings. The standard InChI is InChI=1S/C18H29N3O2/c1-5-14(4)15-6-8-16(9-7-15)20-18(23)12-21(10-13(2)3)11-17(19)22/h6-9,13-14H,5,10-12H2,1-4H3,(H2,19,22)(H,20,23). The van der Waals surface area contributed by atoms with E-state index < -0.39 is 5.91 Å². The third-order valence-corrected chi connectivity index (χ3v) is 3.75. The van der Waals surface area contributed by atoms with E-state index in [9.17, 15) is 9.59 Å². The summed E-state index contributed by atoms with van der Waals surface area (Å²) in [4.78, 5) is 25.0. The highest BCUT2D eigenvalue weighted by Gasteiger charge is 2.14. The number of nitrogens with one attached hydrogen (secondary N) is 1. The van der Waals surface area contributed by atoms with Crippen LogP contribution in [0.3, 0.4) is 0 Å². The third-order valence-electron chi connectivity index (χ3n) is 3.75. The molecule has 0 saturated heterocycles. The number of nitrogens with two attached hydrogens (primary N) is 1. The van der Waals surface area contributed by atoms with Crippen molar-refractivity contribution in [2.75, 3.05) is 25.0 Å². The van der Waals surface area contributed by atoms with Gasteiger partial charge in [-0.3, -0.25) is 14.5 Å². The minimum absolute atomic E-state index is 0.0958. The van der Waals surface area contributed by atoms with Gasteiger partial charge in [-0.25, -0.2) is 0 Å². The predicted octanol–water partition coefficient (Wildman–Crippen LogP) is 2.58. The highest BCUT2D eigenvalue weighted by Crippen LogP contribution is 2.20. The van der Waals surface area contributed by atoms with E-state index in [0.717, 1.165) is 12.1 Å². The van der Waals surface area contributed by atoms with Gasteiger partial charge in [0.15, 0.2) is 0 Å². The van der Waals surface area contributed by atoms with E-state index in [4.69, 9.17) is 5.73 Å². The molecule has 0 aromatic heterocycles. The number of hydrogen-bond donors (Lipinski definition) is 2. The SMILES string of the molecule is CCC(C)c1ccc(NC(=O)CN(CC(N)=O)CC(C)C)cc1. The summed E-state index contributed by atoms with van der Waals surface area (Å²) in [6.45, 7) is 9.33. The zero-order valence-corrected chi connectivity index (χ0v) is 14.6. The van der Waals surface area contributed by atoms with Crippen molar-refractivity contribution in [3.8, 4) is 0 Å². The van der Waals surface area contributed by atoms with Crippen molar-refractivity contribution in [2.45, 2.75) is 40.0 Å². The van der Waals surface area contributed by atoms with Crippen molar-refractivity contribution in [2.24, 2.45) is 11.7 Å². The Kier molecular flexibility index (Phi) is 7.75. The third kappa shape index (κ3) is 7.28. The molecule has 1 aromatic rings.